The molecular weight excluding hydrogens is 276 g/mol. The molecule has 1 unspecified atom stereocenters. The number of furan rings is 1. The van der Waals surface area contributed by atoms with Gasteiger partial charge in [-0.25, -0.2) is 4.98 Å². The van der Waals surface area contributed by atoms with Gasteiger partial charge >= 0.3 is 0 Å². The van der Waals surface area contributed by atoms with Crippen LogP contribution in [-0.4, -0.2) is 28.6 Å². The van der Waals surface area contributed by atoms with Gasteiger partial charge in [0, 0.05) is 17.5 Å². The molecule has 2 rings (SSSR count). The number of thiazole rings is 1. The molecule has 2 heterocycles. The molecule has 0 aliphatic carbocycles. The van der Waals surface area contributed by atoms with E-state index >= 15 is 0 Å². The smallest absolute Gasteiger partial charge is 0.271 e. The van der Waals surface area contributed by atoms with Crippen LogP contribution in [0.1, 0.15) is 35.1 Å². The Morgan fingerprint density at radius 2 is 2.40 bits per heavy atom. The third kappa shape index (κ3) is 3.26. The largest absolute Gasteiger partial charge is 0.462 e. The van der Waals surface area contributed by atoms with Crippen LogP contribution in [0.25, 0.3) is 10.8 Å². The Kier molecular flexibility index (Phi) is 4.92. The van der Waals surface area contributed by atoms with Crippen molar-refractivity contribution < 1.29 is 14.3 Å². The first-order valence-electron chi connectivity index (χ1n) is 6.58. The highest BCUT2D eigenvalue weighted by Gasteiger charge is 2.19. The number of hydrogen-bond acceptors (Lipinski definition) is 5. The maximum atomic E-state index is 12.2. The highest BCUT2D eigenvalue weighted by molar-refractivity contribution is 7.15. The van der Waals surface area contributed by atoms with Crippen LogP contribution in [0.5, 0.6) is 0 Å². The molecule has 0 aromatic carbocycles. The molecule has 0 fully saturated rings. The Morgan fingerprint density at radius 1 is 1.60 bits per heavy atom. The fourth-order valence-electron chi connectivity index (χ4n) is 1.90. The summed E-state index contributed by atoms with van der Waals surface area (Å²) in [5.41, 5.74) is 0.429. The number of nitrogens with zero attached hydrogens (tertiary/aromatic N) is 1. The third-order valence-electron chi connectivity index (χ3n) is 3.05. The number of carbonyl (C=O) groups excluding carboxylic acids is 1. The summed E-state index contributed by atoms with van der Waals surface area (Å²) in [4.78, 5) is 17.4. The number of carbonyl (C=O) groups is 1. The van der Waals surface area contributed by atoms with E-state index in [2.05, 4.69) is 10.3 Å². The van der Waals surface area contributed by atoms with Crippen molar-refractivity contribution in [3.05, 3.63) is 29.0 Å². The maximum absolute atomic E-state index is 12.2. The molecule has 6 heteroatoms. The van der Waals surface area contributed by atoms with Gasteiger partial charge in [0.1, 0.15) is 5.69 Å². The molecule has 0 aliphatic heterocycles. The van der Waals surface area contributed by atoms with Crippen molar-refractivity contribution in [1.82, 2.24) is 10.3 Å². The van der Waals surface area contributed by atoms with Gasteiger partial charge in [-0.15, -0.1) is 11.3 Å². The van der Waals surface area contributed by atoms with Gasteiger partial charge in [-0.1, -0.05) is 6.92 Å². The zero-order valence-electron chi connectivity index (χ0n) is 11.5. The topological polar surface area (TPSA) is 75.4 Å². The van der Waals surface area contributed by atoms with Crippen molar-refractivity contribution in [2.45, 2.75) is 32.7 Å². The second kappa shape index (κ2) is 6.67. The van der Waals surface area contributed by atoms with E-state index in [1.54, 1.807) is 12.3 Å². The number of aromatic nitrogens is 1. The first kappa shape index (κ1) is 14.7. The Hall–Kier alpha value is -1.66. The minimum absolute atomic E-state index is 0.0272. The normalized spacial score (nSPS) is 12.3. The van der Waals surface area contributed by atoms with Crippen LogP contribution in [-0.2, 0) is 0 Å². The summed E-state index contributed by atoms with van der Waals surface area (Å²) in [6.07, 6.45) is 2.91. The van der Waals surface area contributed by atoms with Crippen molar-refractivity contribution >= 4 is 17.2 Å². The molecule has 0 aliphatic rings. The van der Waals surface area contributed by atoms with E-state index in [9.17, 15) is 4.79 Å². The van der Waals surface area contributed by atoms with Gasteiger partial charge in [0.15, 0.2) is 10.8 Å². The average molecular weight is 294 g/mol. The van der Waals surface area contributed by atoms with Crippen LogP contribution >= 0.6 is 11.3 Å². The molecular formula is C14H18N2O3S. The molecule has 0 bridgehead atoms. The standard InChI is InChI=1S/C14H18N2O3S/c1-3-10(6-7-17)15-13(18)12-9(2)20-14(16-12)11-5-4-8-19-11/h4-5,8,10,17H,3,6-7H2,1-2H3,(H,15,18). The minimum Gasteiger partial charge on any atom is -0.462 e. The number of aliphatic hydroxyl groups excluding tert-OH is 1. The van der Waals surface area contributed by atoms with Gasteiger partial charge < -0.3 is 14.8 Å². The van der Waals surface area contributed by atoms with E-state index < -0.39 is 0 Å². The van der Waals surface area contributed by atoms with Crippen LogP contribution in [0.15, 0.2) is 22.8 Å². The van der Waals surface area contributed by atoms with E-state index in [0.29, 0.717) is 22.9 Å². The molecule has 20 heavy (non-hydrogen) atoms. The highest BCUT2D eigenvalue weighted by Crippen LogP contribution is 2.27. The van der Waals surface area contributed by atoms with Crippen LogP contribution in [0, 0.1) is 6.92 Å². The lowest BCUT2D eigenvalue weighted by Crippen LogP contribution is -2.35. The van der Waals surface area contributed by atoms with Gasteiger partial charge in [-0.05, 0) is 31.9 Å². The van der Waals surface area contributed by atoms with Crippen molar-refractivity contribution in [2.75, 3.05) is 6.61 Å². The summed E-state index contributed by atoms with van der Waals surface area (Å²) in [6.45, 7) is 3.90. The van der Waals surface area contributed by atoms with Crippen LogP contribution in [0.3, 0.4) is 0 Å². The van der Waals surface area contributed by atoms with E-state index in [0.717, 1.165) is 11.3 Å². The molecule has 2 N–H and O–H groups in total. The highest BCUT2D eigenvalue weighted by atomic mass is 32.1. The lowest BCUT2D eigenvalue weighted by molar-refractivity contribution is 0.0924. The number of nitrogens with one attached hydrogen (secondary N) is 1. The van der Waals surface area contributed by atoms with Gasteiger partial charge in [-0.3, -0.25) is 4.79 Å². The van der Waals surface area contributed by atoms with Gasteiger partial charge in [0.2, 0.25) is 0 Å². The molecule has 0 radical (unpaired) electrons. The lowest BCUT2D eigenvalue weighted by atomic mass is 10.1. The predicted octanol–water partition coefficient (Wildman–Crippen LogP) is 2.60. The van der Waals surface area contributed by atoms with Crippen LogP contribution in [0.4, 0.5) is 0 Å². The number of aliphatic hydroxyl groups is 1. The molecule has 0 saturated carbocycles. The number of aryl methyl sites for hydroxylation is 1. The maximum Gasteiger partial charge on any atom is 0.271 e. The fraction of sp³-hybridized carbons (Fsp3) is 0.429. The molecule has 1 atom stereocenters. The molecule has 2 aromatic rings. The molecule has 108 valence electrons. The number of amides is 1. The first-order valence-corrected chi connectivity index (χ1v) is 7.40. The van der Waals surface area contributed by atoms with E-state index in [1.165, 1.54) is 11.3 Å². The SMILES string of the molecule is CCC(CCO)NC(=O)c1nc(-c2ccco2)sc1C. The summed E-state index contributed by atoms with van der Waals surface area (Å²) < 4.78 is 5.29. The average Bonchev–Trinajstić information content (AvgIpc) is 3.06. The Labute approximate surface area is 121 Å². The predicted molar refractivity (Wildman–Crippen MR) is 77.8 cm³/mol. The van der Waals surface area contributed by atoms with Crippen molar-refractivity contribution in [1.29, 1.82) is 0 Å². The van der Waals surface area contributed by atoms with Gasteiger partial charge in [0.25, 0.3) is 5.91 Å². The van der Waals surface area contributed by atoms with Gasteiger partial charge in [0.05, 0.1) is 6.26 Å². The third-order valence-corrected chi connectivity index (χ3v) is 4.03. The minimum atomic E-state index is -0.197. The zero-order chi connectivity index (χ0) is 14.5. The first-order chi connectivity index (χ1) is 9.65. The quantitative estimate of drug-likeness (QED) is 0.858. The lowest BCUT2D eigenvalue weighted by Gasteiger charge is -2.14. The van der Waals surface area contributed by atoms with Crippen molar-refractivity contribution in [2.24, 2.45) is 0 Å². The second-order valence-corrected chi connectivity index (χ2v) is 5.70. The number of rotatable bonds is 6. The summed E-state index contributed by atoms with van der Waals surface area (Å²) in [5, 5.41) is 12.6. The molecule has 0 spiro atoms. The zero-order valence-corrected chi connectivity index (χ0v) is 12.4. The summed E-state index contributed by atoms with van der Waals surface area (Å²) in [6, 6.07) is 3.58. The number of hydrogen-bond donors (Lipinski definition) is 2. The summed E-state index contributed by atoms with van der Waals surface area (Å²) in [7, 11) is 0. The van der Waals surface area contributed by atoms with Crippen molar-refractivity contribution in [3.8, 4) is 10.8 Å². The Morgan fingerprint density at radius 3 is 3.00 bits per heavy atom. The van der Waals surface area contributed by atoms with E-state index in [4.69, 9.17) is 9.52 Å². The van der Waals surface area contributed by atoms with Crippen molar-refractivity contribution in [3.63, 3.8) is 0 Å². The van der Waals surface area contributed by atoms with Crippen LogP contribution < -0.4 is 5.32 Å². The molecule has 2 aromatic heterocycles. The molecule has 1 amide bonds. The van der Waals surface area contributed by atoms with E-state index in [1.807, 2.05) is 19.9 Å². The fourth-order valence-corrected chi connectivity index (χ4v) is 2.78. The second-order valence-electron chi connectivity index (χ2n) is 4.49. The van der Waals surface area contributed by atoms with Gasteiger partial charge in [-0.2, -0.15) is 0 Å². The van der Waals surface area contributed by atoms with Crippen LogP contribution in [0.2, 0.25) is 0 Å². The monoisotopic (exact) mass is 294 g/mol. The Balaban J connectivity index is 2.14. The molecule has 0 saturated heterocycles. The summed E-state index contributed by atoms with van der Waals surface area (Å²) >= 11 is 1.43. The Bertz CT molecular complexity index is 563. The molecule has 5 nitrogen and oxygen atoms in total. The summed E-state index contributed by atoms with van der Waals surface area (Å²) in [5.74, 6) is 0.469. The van der Waals surface area contributed by atoms with E-state index in [-0.39, 0.29) is 18.6 Å².